The van der Waals surface area contributed by atoms with Gasteiger partial charge in [0.25, 0.3) is 0 Å². The van der Waals surface area contributed by atoms with Crippen LogP contribution in [0.3, 0.4) is 0 Å². The van der Waals surface area contributed by atoms with Crippen LogP contribution in [-0.4, -0.2) is 27.9 Å². The van der Waals surface area contributed by atoms with E-state index in [9.17, 15) is 9.90 Å². The summed E-state index contributed by atoms with van der Waals surface area (Å²) in [6.07, 6.45) is 1.69. The number of amides is 2. The Balaban J connectivity index is 1.62. The number of aliphatic hydroxyl groups excluding tert-OH is 1. The van der Waals surface area contributed by atoms with Crippen molar-refractivity contribution in [3.8, 4) is 11.1 Å². The predicted octanol–water partition coefficient (Wildman–Crippen LogP) is 3.23. The molecule has 2 heterocycles. The number of aliphatic hydroxyl groups is 1. The fraction of sp³-hybridized carbons (Fsp3) is 0.211. The molecular weight excluding hydrogens is 346 g/mol. The Morgan fingerprint density at radius 2 is 1.85 bits per heavy atom. The van der Waals surface area contributed by atoms with E-state index in [-0.39, 0.29) is 12.4 Å². The zero-order valence-corrected chi connectivity index (χ0v) is 15.1. The van der Waals surface area contributed by atoms with E-state index in [1.54, 1.807) is 30.5 Å². The number of pyridine rings is 1. The fourth-order valence-corrected chi connectivity index (χ4v) is 2.33. The van der Waals surface area contributed by atoms with E-state index in [0.717, 1.165) is 11.1 Å². The van der Waals surface area contributed by atoms with Gasteiger partial charge in [0, 0.05) is 28.9 Å². The number of hydrogen-bond donors (Lipinski definition) is 4. The van der Waals surface area contributed by atoms with Crippen LogP contribution in [0.15, 0.2) is 53.2 Å². The van der Waals surface area contributed by atoms with Crippen LogP contribution < -0.4 is 16.4 Å². The number of benzene rings is 1. The van der Waals surface area contributed by atoms with Gasteiger partial charge in [-0.05, 0) is 29.8 Å². The number of anilines is 3. The molecule has 0 saturated carbocycles. The van der Waals surface area contributed by atoms with Crippen LogP contribution in [0.25, 0.3) is 11.1 Å². The highest BCUT2D eigenvalue weighted by Crippen LogP contribution is 2.25. The highest BCUT2D eigenvalue weighted by Gasteiger charge is 2.25. The Morgan fingerprint density at radius 3 is 2.48 bits per heavy atom. The van der Waals surface area contributed by atoms with E-state index in [2.05, 4.69) is 20.8 Å². The number of carbonyl (C=O) groups excluding carboxylic acids is 1. The Bertz CT molecular complexity index is 917. The van der Waals surface area contributed by atoms with Gasteiger partial charge in [-0.2, -0.15) is 0 Å². The van der Waals surface area contributed by atoms with Crippen molar-refractivity contribution in [3.05, 3.63) is 54.4 Å². The Hall–Kier alpha value is -3.39. The second-order valence-electron chi connectivity index (χ2n) is 6.75. The lowest BCUT2D eigenvalue weighted by atomic mass is 9.92. The van der Waals surface area contributed by atoms with Gasteiger partial charge in [0.1, 0.15) is 11.6 Å². The molecule has 0 atom stereocenters. The monoisotopic (exact) mass is 367 g/mol. The number of urea groups is 1. The highest BCUT2D eigenvalue weighted by molar-refractivity contribution is 5.99. The molecule has 0 radical (unpaired) electrons. The van der Waals surface area contributed by atoms with Gasteiger partial charge in [-0.25, -0.2) is 9.78 Å². The fourth-order valence-electron chi connectivity index (χ4n) is 2.33. The van der Waals surface area contributed by atoms with Crippen molar-refractivity contribution in [1.82, 2.24) is 10.1 Å². The first-order valence-corrected chi connectivity index (χ1v) is 8.35. The minimum Gasteiger partial charge on any atom is -0.395 e. The number of carbonyl (C=O) groups is 1. The van der Waals surface area contributed by atoms with Crippen molar-refractivity contribution in [2.45, 2.75) is 19.3 Å². The lowest BCUT2D eigenvalue weighted by Crippen LogP contribution is -2.21. The summed E-state index contributed by atoms with van der Waals surface area (Å²) < 4.78 is 5.18. The molecule has 1 aromatic carbocycles. The molecule has 0 spiro atoms. The molecule has 27 heavy (non-hydrogen) atoms. The highest BCUT2D eigenvalue weighted by atomic mass is 16.5. The smallest absolute Gasteiger partial charge is 0.324 e. The molecular formula is C19H21N5O3. The first-order valence-electron chi connectivity index (χ1n) is 8.35. The van der Waals surface area contributed by atoms with E-state index >= 15 is 0 Å². The maximum atomic E-state index is 12.1. The summed E-state index contributed by atoms with van der Waals surface area (Å²) in [5.41, 5.74) is 7.53. The molecule has 3 aromatic rings. The molecule has 5 N–H and O–H groups in total. The molecule has 3 rings (SSSR count). The van der Waals surface area contributed by atoms with Crippen molar-refractivity contribution in [2.75, 3.05) is 23.0 Å². The molecule has 8 heteroatoms. The summed E-state index contributed by atoms with van der Waals surface area (Å²) in [7, 11) is 0. The summed E-state index contributed by atoms with van der Waals surface area (Å²) in [6, 6.07) is 12.1. The van der Waals surface area contributed by atoms with Crippen LogP contribution in [0, 0.1) is 0 Å². The standard InChI is InChI=1S/C19H21N5O3/c1-19(2,11-25)15-9-17(24-27-15)23-18(26)22-14-6-3-12(4-7-14)13-5-8-16(20)21-10-13/h3-10,25H,11H2,1-2H3,(H2,20,21)(H2,22,23,24,26). The van der Waals surface area contributed by atoms with Crippen molar-refractivity contribution < 1.29 is 14.4 Å². The topological polar surface area (TPSA) is 126 Å². The molecule has 140 valence electrons. The number of rotatable bonds is 5. The largest absolute Gasteiger partial charge is 0.395 e. The number of hydrogen-bond acceptors (Lipinski definition) is 6. The van der Waals surface area contributed by atoms with Gasteiger partial charge in [-0.15, -0.1) is 0 Å². The summed E-state index contributed by atoms with van der Waals surface area (Å²) in [6.45, 7) is 3.54. The Morgan fingerprint density at radius 1 is 1.15 bits per heavy atom. The third kappa shape index (κ3) is 4.42. The molecule has 2 amide bonds. The Labute approximate surface area is 156 Å². The molecule has 0 bridgehead atoms. The maximum absolute atomic E-state index is 12.1. The number of nitrogens with two attached hydrogens (primary N) is 1. The number of aromatic nitrogens is 2. The van der Waals surface area contributed by atoms with Gasteiger partial charge >= 0.3 is 6.03 Å². The second kappa shape index (κ2) is 7.46. The van der Waals surface area contributed by atoms with Gasteiger partial charge in [-0.1, -0.05) is 31.1 Å². The van der Waals surface area contributed by atoms with E-state index in [1.165, 1.54) is 0 Å². The summed E-state index contributed by atoms with van der Waals surface area (Å²) >= 11 is 0. The molecule has 8 nitrogen and oxygen atoms in total. The third-order valence-corrected chi connectivity index (χ3v) is 4.08. The summed E-state index contributed by atoms with van der Waals surface area (Å²) in [5, 5.41) is 18.5. The molecule has 2 aromatic heterocycles. The third-order valence-electron chi connectivity index (χ3n) is 4.08. The van der Waals surface area contributed by atoms with Crippen LogP contribution in [0.2, 0.25) is 0 Å². The Kier molecular flexibility index (Phi) is 5.09. The van der Waals surface area contributed by atoms with Crippen LogP contribution >= 0.6 is 0 Å². The zero-order chi connectivity index (χ0) is 19.4. The van der Waals surface area contributed by atoms with Crippen LogP contribution in [0.1, 0.15) is 19.6 Å². The van der Waals surface area contributed by atoms with Crippen molar-refractivity contribution in [2.24, 2.45) is 0 Å². The molecule has 0 aliphatic rings. The normalized spacial score (nSPS) is 11.2. The van der Waals surface area contributed by atoms with Gasteiger partial charge in [-0.3, -0.25) is 5.32 Å². The average molecular weight is 367 g/mol. The molecule has 0 saturated heterocycles. The van der Waals surface area contributed by atoms with Gasteiger partial charge < -0.3 is 20.7 Å². The number of nitrogens with one attached hydrogen (secondary N) is 2. The molecule has 0 unspecified atom stereocenters. The van der Waals surface area contributed by atoms with Crippen LogP contribution in [0.4, 0.5) is 22.1 Å². The first-order chi connectivity index (χ1) is 12.9. The lowest BCUT2D eigenvalue weighted by molar-refractivity contribution is 0.187. The lowest BCUT2D eigenvalue weighted by Gasteiger charge is -2.16. The first kappa shape index (κ1) is 18.4. The predicted molar refractivity (Wildman–Crippen MR) is 103 cm³/mol. The maximum Gasteiger partial charge on any atom is 0.324 e. The van der Waals surface area contributed by atoms with Crippen molar-refractivity contribution in [1.29, 1.82) is 0 Å². The number of nitrogens with zero attached hydrogens (tertiary/aromatic N) is 2. The molecule has 0 fully saturated rings. The van der Waals surface area contributed by atoms with E-state index in [0.29, 0.717) is 17.3 Å². The van der Waals surface area contributed by atoms with Crippen LogP contribution in [0.5, 0.6) is 0 Å². The van der Waals surface area contributed by atoms with Gasteiger partial charge in [0.2, 0.25) is 0 Å². The van der Waals surface area contributed by atoms with Gasteiger partial charge in [0.15, 0.2) is 5.82 Å². The van der Waals surface area contributed by atoms with Crippen LogP contribution in [-0.2, 0) is 5.41 Å². The van der Waals surface area contributed by atoms with Crippen molar-refractivity contribution >= 4 is 23.4 Å². The summed E-state index contributed by atoms with van der Waals surface area (Å²) in [5.74, 6) is 1.22. The minimum atomic E-state index is -0.573. The second-order valence-corrected chi connectivity index (χ2v) is 6.75. The zero-order valence-electron chi connectivity index (χ0n) is 15.1. The van der Waals surface area contributed by atoms with Gasteiger partial charge in [0.05, 0.1) is 6.61 Å². The molecule has 0 aliphatic carbocycles. The van der Waals surface area contributed by atoms with E-state index < -0.39 is 11.4 Å². The van der Waals surface area contributed by atoms with E-state index in [4.69, 9.17) is 10.3 Å². The minimum absolute atomic E-state index is 0.0935. The SMILES string of the molecule is CC(C)(CO)c1cc(NC(=O)Nc2ccc(-c3ccc(N)nc3)cc2)no1. The average Bonchev–Trinajstić information content (AvgIpc) is 3.12. The van der Waals surface area contributed by atoms with E-state index in [1.807, 2.05) is 32.0 Å². The quantitative estimate of drug-likeness (QED) is 0.548. The summed E-state index contributed by atoms with van der Waals surface area (Å²) in [4.78, 5) is 16.2. The molecule has 0 aliphatic heterocycles. The number of nitrogen functional groups attached to an aromatic ring is 1. The van der Waals surface area contributed by atoms with Crippen molar-refractivity contribution in [3.63, 3.8) is 0 Å².